The molecule has 2 atom stereocenters. The van der Waals surface area contributed by atoms with Gasteiger partial charge in [-0.05, 0) is 51.4 Å². The number of allylic oxidation sites excluding steroid dienone is 2. The van der Waals surface area contributed by atoms with E-state index in [1.807, 2.05) is 0 Å². The lowest BCUT2D eigenvalue weighted by Gasteiger charge is -2.22. The van der Waals surface area contributed by atoms with Crippen molar-refractivity contribution in [2.45, 2.75) is 456 Å². The molecule has 0 aromatic heterocycles. The summed E-state index contributed by atoms with van der Waals surface area (Å²) >= 11 is 0. The van der Waals surface area contributed by atoms with Crippen molar-refractivity contribution in [3.05, 3.63) is 12.2 Å². The lowest BCUT2D eigenvalue weighted by atomic mass is 10.0. The zero-order chi connectivity index (χ0) is 59.9. The van der Waals surface area contributed by atoms with Gasteiger partial charge in [0, 0.05) is 12.8 Å². The Bertz CT molecular complexity index is 1260. The molecule has 0 aliphatic heterocycles. The number of carbonyl (C=O) groups excluding carboxylic acids is 2. The third-order valence-electron chi connectivity index (χ3n) is 18.3. The van der Waals surface area contributed by atoms with Gasteiger partial charge in [0.2, 0.25) is 5.91 Å². The summed E-state index contributed by atoms with van der Waals surface area (Å²) in [5.74, 6) is -0.00542. The average Bonchev–Trinajstić information content (AvgIpc) is 3.48. The van der Waals surface area contributed by atoms with E-state index in [4.69, 9.17) is 4.74 Å². The van der Waals surface area contributed by atoms with Crippen LogP contribution < -0.4 is 5.32 Å². The van der Waals surface area contributed by atoms with Gasteiger partial charge in [-0.15, -0.1) is 0 Å². The molecule has 494 valence electrons. The molecule has 0 heterocycles. The summed E-state index contributed by atoms with van der Waals surface area (Å²) in [6, 6.07) is -0.540. The number of carbonyl (C=O) groups is 2. The zero-order valence-corrected chi connectivity index (χ0v) is 56.7. The molecule has 6 nitrogen and oxygen atoms in total. The van der Waals surface area contributed by atoms with E-state index in [2.05, 4.69) is 31.3 Å². The van der Waals surface area contributed by atoms with Gasteiger partial charge in [0.1, 0.15) is 0 Å². The number of esters is 1. The van der Waals surface area contributed by atoms with E-state index in [0.717, 1.165) is 38.5 Å². The number of amides is 1. The molecule has 0 aromatic carbocycles. The summed E-state index contributed by atoms with van der Waals surface area (Å²) < 4.78 is 5.50. The lowest BCUT2D eigenvalue weighted by molar-refractivity contribution is -0.143. The standard InChI is InChI=1S/C77H151NO5/c1-3-5-7-9-11-13-15-17-19-20-21-36-39-42-45-49-53-57-61-65-69-75(80)74(73-79)78-76(81)70-66-62-58-54-50-46-43-40-37-34-32-30-28-26-24-22-23-25-27-29-31-33-35-38-41-44-48-52-56-60-64-68-72-83-77(82)71-67-63-59-55-51-47-18-16-14-12-10-8-6-4-2/h25,27,74-75,79-80H,3-24,26,28-73H2,1-2H3,(H,78,81)/b27-25-. The predicted molar refractivity (Wildman–Crippen MR) is 366 cm³/mol. The first-order valence-corrected chi connectivity index (χ1v) is 38.4. The van der Waals surface area contributed by atoms with E-state index >= 15 is 0 Å². The number of ether oxygens (including phenoxy) is 1. The number of unbranched alkanes of at least 4 members (excludes halogenated alkanes) is 60. The Kier molecular flexibility index (Phi) is 71.8. The minimum atomic E-state index is -0.663. The molecule has 0 saturated carbocycles. The number of aliphatic hydroxyl groups excluding tert-OH is 2. The SMILES string of the molecule is CCCCCCCCCCCCCCCCCCCCCCC(O)C(CO)NC(=O)CCCCCCCCCCCCCCCCCC/C=C\CCCCCCCCCCCCCCOC(=O)CCCCCCCCCCCCCCCC. The lowest BCUT2D eigenvalue weighted by Crippen LogP contribution is -2.45. The Morgan fingerprint density at radius 1 is 0.325 bits per heavy atom. The number of nitrogens with one attached hydrogen (secondary N) is 1. The first kappa shape index (κ1) is 81.6. The van der Waals surface area contributed by atoms with Gasteiger partial charge in [0.15, 0.2) is 0 Å². The van der Waals surface area contributed by atoms with E-state index in [0.29, 0.717) is 25.9 Å². The summed E-state index contributed by atoms with van der Waals surface area (Å²) in [4.78, 5) is 24.6. The Morgan fingerprint density at radius 3 is 0.855 bits per heavy atom. The van der Waals surface area contributed by atoms with Crippen LogP contribution in [0.2, 0.25) is 0 Å². The van der Waals surface area contributed by atoms with Crippen LogP contribution in [0.5, 0.6) is 0 Å². The van der Waals surface area contributed by atoms with Crippen molar-refractivity contribution in [3.8, 4) is 0 Å². The van der Waals surface area contributed by atoms with Crippen LogP contribution in [0, 0.1) is 0 Å². The fraction of sp³-hybridized carbons (Fsp3) is 0.948. The molecule has 0 aromatic rings. The van der Waals surface area contributed by atoms with Crippen molar-refractivity contribution in [1.82, 2.24) is 5.32 Å². The first-order chi connectivity index (χ1) is 41.0. The minimum Gasteiger partial charge on any atom is -0.466 e. The normalized spacial score (nSPS) is 12.5. The molecule has 0 fully saturated rings. The van der Waals surface area contributed by atoms with Crippen LogP contribution in [0.4, 0.5) is 0 Å². The van der Waals surface area contributed by atoms with Crippen LogP contribution in [0.1, 0.15) is 444 Å². The van der Waals surface area contributed by atoms with E-state index in [1.165, 1.54) is 372 Å². The summed E-state index contributed by atoms with van der Waals surface area (Å²) in [7, 11) is 0. The molecule has 2 unspecified atom stereocenters. The second kappa shape index (κ2) is 73.1. The average molecular weight is 1170 g/mol. The summed E-state index contributed by atoms with van der Waals surface area (Å²) in [5.41, 5.74) is 0. The predicted octanol–water partition coefficient (Wildman–Crippen LogP) is 25.1. The molecular weight excluding hydrogens is 1020 g/mol. The maximum absolute atomic E-state index is 12.6. The number of hydrogen-bond acceptors (Lipinski definition) is 5. The first-order valence-electron chi connectivity index (χ1n) is 38.4. The van der Waals surface area contributed by atoms with Crippen LogP contribution in [0.15, 0.2) is 12.2 Å². The Labute approximate surface area is 520 Å². The summed E-state index contributed by atoms with van der Waals surface area (Å²) in [5, 5.41) is 23.4. The van der Waals surface area contributed by atoms with Crippen molar-refractivity contribution in [1.29, 1.82) is 0 Å². The van der Waals surface area contributed by atoms with Gasteiger partial charge < -0.3 is 20.3 Å². The molecule has 0 rings (SSSR count). The Hall–Kier alpha value is -1.40. The monoisotopic (exact) mass is 1170 g/mol. The quantitative estimate of drug-likeness (QED) is 0.0320. The van der Waals surface area contributed by atoms with Gasteiger partial charge in [-0.25, -0.2) is 0 Å². The van der Waals surface area contributed by atoms with Crippen molar-refractivity contribution in [2.75, 3.05) is 13.2 Å². The van der Waals surface area contributed by atoms with Crippen LogP contribution in [-0.2, 0) is 14.3 Å². The third-order valence-corrected chi connectivity index (χ3v) is 18.3. The highest BCUT2D eigenvalue weighted by atomic mass is 16.5. The van der Waals surface area contributed by atoms with Gasteiger partial charge in [0.25, 0.3) is 0 Å². The van der Waals surface area contributed by atoms with Crippen molar-refractivity contribution in [3.63, 3.8) is 0 Å². The molecular formula is C77H151NO5. The van der Waals surface area contributed by atoms with Gasteiger partial charge in [-0.2, -0.15) is 0 Å². The molecule has 1 amide bonds. The highest BCUT2D eigenvalue weighted by Gasteiger charge is 2.20. The van der Waals surface area contributed by atoms with E-state index in [1.54, 1.807) is 0 Å². The molecule has 83 heavy (non-hydrogen) atoms. The van der Waals surface area contributed by atoms with Crippen molar-refractivity contribution < 1.29 is 24.5 Å². The molecule has 0 radical (unpaired) electrons. The largest absolute Gasteiger partial charge is 0.466 e. The summed E-state index contributed by atoms with van der Waals surface area (Å²) in [6.07, 6.45) is 91.5. The molecule has 0 aliphatic carbocycles. The zero-order valence-electron chi connectivity index (χ0n) is 56.7. The topological polar surface area (TPSA) is 95.9 Å². The van der Waals surface area contributed by atoms with Crippen molar-refractivity contribution in [2.24, 2.45) is 0 Å². The smallest absolute Gasteiger partial charge is 0.305 e. The second-order valence-electron chi connectivity index (χ2n) is 26.7. The molecule has 0 aliphatic rings. The Balaban J connectivity index is 3.35. The third kappa shape index (κ3) is 69.6. The minimum absolute atomic E-state index is 0.0216. The van der Waals surface area contributed by atoms with E-state index < -0.39 is 12.1 Å². The van der Waals surface area contributed by atoms with Gasteiger partial charge in [-0.3, -0.25) is 9.59 Å². The van der Waals surface area contributed by atoms with Crippen LogP contribution in [0.3, 0.4) is 0 Å². The molecule has 0 bridgehead atoms. The maximum Gasteiger partial charge on any atom is 0.305 e. The number of rotatable bonds is 73. The van der Waals surface area contributed by atoms with Gasteiger partial charge >= 0.3 is 5.97 Å². The van der Waals surface area contributed by atoms with Crippen LogP contribution in [-0.4, -0.2) is 47.4 Å². The molecule has 3 N–H and O–H groups in total. The second-order valence-corrected chi connectivity index (χ2v) is 26.7. The van der Waals surface area contributed by atoms with Crippen LogP contribution >= 0.6 is 0 Å². The number of hydrogen-bond donors (Lipinski definition) is 3. The molecule has 6 heteroatoms. The van der Waals surface area contributed by atoms with Crippen molar-refractivity contribution >= 4 is 11.9 Å². The summed E-state index contributed by atoms with van der Waals surface area (Å²) in [6.45, 7) is 5.01. The van der Waals surface area contributed by atoms with Crippen LogP contribution in [0.25, 0.3) is 0 Å². The Morgan fingerprint density at radius 2 is 0.566 bits per heavy atom. The van der Waals surface area contributed by atoms with Gasteiger partial charge in [0.05, 0.1) is 25.4 Å². The highest BCUT2D eigenvalue weighted by molar-refractivity contribution is 5.76. The van der Waals surface area contributed by atoms with E-state index in [-0.39, 0.29) is 18.5 Å². The highest BCUT2D eigenvalue weighted by Crippen LogP contribution is 2.20. The van der Waals surface area contributed by atoms with E-state index in [9.17, 15) is 19.8 Å². The van der Waals surface area contributed by atoms with Gasteiger partial charge in [-0.1, -0.05) is 392 Å². The fourth-order valence-corrected chi connectivity index (χ4v) is 12.5. The molecule has 0 spiro atoms. The fourth-order valence-electron chi connectivity index (χ4n) is 12.5. The maximum atomic E-state index is 12.6. The molecule has 0 saturated heterocycles. The number of aliphatic hydroxyl groups is 2.